The van der Waals surface area contributed by atoms with Crippen molar-refractivity contribution < 1.29 is 39.5 Å². The first kappa shape index (κ1) is 20.9. The van der Waals surface area contributed by atoms with Gasteiger partial charge in [0.1, 0.15) is 18.3 Å². The summed E-state index contributed by atoms with van der Waals surface area (Å²) in [6.45, 7) is 2.68. The van der Waals surface area contributed by atoms with Crippen LogP contribution in [0.15, 0.2) is 11.8 Å². The minimum atomic E-state index is -1.67. The molecule has 0 saturated heterocycles. The summed E-state index contributed by atoms with van der Waals surface area (Å²) in [5.41, 5.74) is 0. The van der Waals surface area contributed by atoms with Crippen molar-refractivity contribution in [1.82, 2.24) is 10.6 Å². The Hall–Kier alpha value is -2.17. The van der Waals surface area contributed by atoms with Crippen LogP contribution in [0.4, 0.5) is 0 Å². The van der Waals surface area contributed by atoms with Gasteiger partial charge >= 0.3 is 5.97 Å². The summed E-state index contributed by atoms with van der Waals surface area (Å²) in [7, 11) is 0. The fourth-order valence-electron chi connectivity index (χ4n) is 2.39. The van der Waals surface area contributed by atoms with Crippen molar-refractivity contribution in [1.29, 1.82) is 0 Å². The molecule has 1 heterocycles. The molecule has 0 saturated carbocycles. The first-order chi connectivity index (χ1) is 11.7. The minimum Gasteiger partial charge on any atom is -0.478 e. The van der Waals surface area contributed by atoms with E-state index in [4.69, 9.17) is 9.84 Å². The van der Waals surface area contributed by atoms with E-state index in [0.717, 1.165) is 6.08 Å². The molecule has 10 nitrogen and oxygen atoms in total. The van der Waals surface area contributed by atoms with Crippen LogP contribution in [0.2, 0.25) is 0 Å². The predicted molar refractivity (Wildman–Crippen MR) is 84.1 cm³/mol. The summed E-state index contributed by atoms with van der Waals surface area (Å²) >= 11 is 0. The number of carbonyl (C=O) groups is 3. The first-order valence-corrected chi connectivity index (χ1v) is 7.87. The lowest BCUT2D eigenvalue weighted by molar-refractivity contribution is -0.147. The Morgan fingerprint density at radius 1 is 1.32 bits per heavy atom. The zero-order chi connectivity index (χ0) is 19.1. The van der Waals surface area contributed by atoms with Crippen LogP contribution >= 0.6 is 0 Å². The molecular formula is C15H24N2O8. The number of carboxylic acids is 1. The van der Waals surface area contributed by atoms with E-state index in [9.17, 15) is 29.7 Å². The summed E-state index contributed by atoms with van der Waals surface area (Å²) in [6, 6.07) is -1.17. The zero-order valence-electron chi connectivity index (χ0n) is 14.0. The van der Waals surface area contributed by atoms with Gasteiger partial charge in [0.15, 0.2) is 6.10 Å². The number of nitrogens with one attached hydrogen (secondary N) is 2. The molecule has 142 valence electrons. The number of hydrogen-bond donors (Lipinski definition) is 6. The molecule has 25 heavy (non-hydrogen) atoms. The van der Waals surface area contributed by atoms with Gasteiger partial charge in [-0.05, 0) is 12.5 Å². The van der Waals surface area contributed by atoms with E-state index in [-0.39, 0.29) is 18.9 Å². The van der Waals surface area contributed by atoms with Gasteiger partial charge in [0, 0.05) is 19.9 Å². The fourth-order valence-corrected chi connectivity index (χ4v) is 2.39. The van der Waals surface area contributed by atoms with Crippen molar-refractivity contribution in [2.24, 2.45) is 0 Å². The average molecular weight is 360 g/mol. The molecule has 0 aromatic heterocycles. The van der Waals surface area contributed by atoms with Crippen LogP contribution in [0.5, 0.6) is 0 Å². The van der Waals surface area contributed by atoms with Crippen LogP contribution in [0.1, 0.15) is 26.7 Å². The third-order valence-corrected chi connectivity index (χ3v) is 3.60. The van der Waals surface area contributed by atoms with E-state index < -0.39 is 48.1 Å². The highest BCUT2D eigenvalue weighted by atomic mass is 16.5. The molecule has 1 aliphatic rings. The standard InChI is InChI=1S/C15H24N2O8/c1-3-4-11(21)16-6-9(20)13(22)14-12(17-7(2)18)8(19)5-10(25-14)15(23)24/h5,8-9,12-14,19-20,22H,3-4,6H2,1-2H3,(H,16,21)(H,17,18)(H,23,24)/t8-,9+,12?,13+,14?/m1/s1. The lowest BCUT2D eigenvalue weighted by atomic mass is 9.93. The molecule has 2 unspecified atom stereocenters. The molecule has 0 spiro atoms. The van der Waals surface area contributed by atoms with Crippen LogP contribution in [-0.4, -0.2) is 75.2 Å². The lowest BCUT2D eigenvalue weighted by Gasteiger charge is -2.38. The van der Waals surface area contributed by atoms with Gasteiger partial charge in [0.25, 0.3) is 0 Å². The Bertz CT molecular complexity index is 536. The summed E-state index contributed by atoms with van der Waals surface area (Å²) in [5, 5.41) is 44.1. The van der Waals surface area contributed by atoms with E-state index in [1.54, 1.807) is 6.92 Å². The highest BCUT2D eigenvalue weighted by Crippen LogP contribution is 2.22. The Kier molecular flexibility index (Phi) is 7.81. The maximum absolute atomic E-state index is 11.4. The van der Waals surface area contributed by atoms with Crippen molar-refractivity contribution in [2.75, 3.05) is 6.54 Å². The molecule has 0 aromatic carbocycles. The van der Waals surface area contributed by atoms with E-state index in [1.165, 1.54) is 6.92 Å². The van der Waals surface area contributed by atoms with E-state index >= 15 is 0 Å². The van der Waals surface area contributed by atoms with Crippen LogP contribution < -0.4 is 10.6 Å². The molecule has 0 fully saturated rings. The number of aliphatic carboxylic acids is 1. The number of aliphatic hydroxyl groups excluding tert-OH is 3. The van der Waals surface area contributed by atoms with Gasteiger partial charge < -0.3 is 35.8 Å². The molecule has 1 aliphatic heterocycles. The lowest BCUT2D eigenvalue weighted by Crippen LogP contribution is -2.60. The number of carboxylic acid groups (broad SMARTS) is 1. The number of carbonyl (C=O) groups excluding carboxylic acids is 2. The van der Waals surface area contributed by atoms with Gasteiger partial charge in [-0.3, -0.25) is 9.59 Å². The Morgan fingerprint density at radius 2 is 1.96 bits per heavy atom. The number of aliphatic hydroxyl groups is 3. The van der Waals surface area contributed by atoms with Gasteiger partial charge in [-0.2, -0.15) is 0 Å². The number of hydrogen-bond acceptors (Lipinski definition) is 7. The van der Waals surface area contributed by atoms with Crippen LogP contribution in [-0.2, 0) is 19.1 Å². The third kappa shape index (κ3) is 6.00. The maximum Gasteiger partial charge on any atom is 0.370 e. The zero-order valence-corrected chi connectivity index (χ0v) is 14.0. The molecule has 0 aromatic rings. The van der Waals surface area contributed by atoms with Crippen molar-refractivity contribution in [3.8, 4) is 0 Å². The second-order valence-corrected chi connectivity index (χ2v) is 5.75. The molecule has 1 rings (SSSR count). The number of ether oxygens (including phenoxy) is 1. The average Bonchev–Trinajstić information content (AvgIpc) is 2.53. The molecule has 0 radical (unpaired) electrons. The fraction of sp³-hybridized carbons (Fsp3) is 0.667. The van der Waals surface area contributed by atoms with Crippen LogP contribution in [0, 0.1) is 0 Å². The van der Waals surface area contributed by atoms with Crippen molar-refractivity contribution >= 4 is 17.8 Å². The highest BCUT2D eigenvalue weighted by molar-refractivity contribution is 5.84. The predicted octanol–water partition coefficient (Wildman–Crippen LogP) is -2.14. The van der Waals surface area contributed by atoms with E-state index in [0.29, 0.717) is 6.42 Å². The van der Waals surface area contributed by atoms with Gasteiger partial charge in [-0.1, -0.05) is 6.92 Å². The largest absolute Gasteiger partial charge is 0.478 e. The summed E-state index contributed by atoms with van der Waals surface area (Å²) in [5.74, 6) is -2.94. The molecule has 2 amide bonds. The topological polar surface area (TPSA) is 165 Å². The van der Waals surface area contributed by atoms with Gasteiger partial charge in [-0.25, -0.2) is 4.79 Å². The van der Waals surface area contributed by atoms with Gasteiger partial charge in [0.05, 0.1) is 6.04 Å². The highest BCUT2D eigenvalue weighted by Gasteiger charge is 2.43. The van der Waals surface area contributed by atoms with Gasteiger partial charge in [0.2, 0.25) is 17.6 Å². The number of amides is 2. The molecule has 0 bridgehead atoms. The molecular weight excluding hydrogens is 336 g/mol. The monoisotopic (exact) mass is 360 g/mol. The molecule has 10 heteroatoms. The van der Waals surface area contributed by atoms with Crippen molar-refractivity contribution in [3.63, 3.8) is 0 Å². The Balaban J connectivity index is 2.87. The van der Waals surface area contributed by atoms with Gasteiger partial charge in [-0.15, -0.1) is 0 Å². The second-order valence-electron chi connectivity index (χ2n) is 5.75. The van der Waals surface area contributed by atoms with E-state index in [2.05, 4.69) is 10.6 Å². The molecule has 0 aliphatic carbocycles. The minimum absolute atomic E-state index is 0.252. The SMILES string of the molecule is CCCC(=O)NC[C@H](O)[C@H](O)C1OC(C(=O)O)=C[C@@H](O)C1NC(C)=O. The van der Waals surface area contributed by atoms with Crippen molar-refractivity contribution in [3.05, 3.63) is 11.8 Å². The Morgan fingerprint density at radius 3 is 2.48 bits per heavy atom. The number of rotatable bonds is 8. The van der Waals surface area contributed by atoms with Crippen molar-refractivity contribution in [2.45, 2.75) is 57.1 Å². The molecule has 5 atom stereocenters. The first-order valence-electron chi connectivity index (χ1n) is 7.87. The van der Waals surface area contributed by atoms with Crippen LogP contribution in [0.25, 0.3) is 0 Å². The van der Waals surface area contributed by atoms with E-state index in [1.807, 2.05) is 0 Å². The summed E-state index contributed by atoms with van der Waals surface area (Å²) in [4.78, 5) is 33.8. The second kappa shape index (κ2) is 9.35. The Labute approximate surface area is 144 Å². The quantitative estimate of drug-likeness (QED) is 0.285. The third-order valence-electron chi connectivity index (χ3n) is 3.60. The van der Waals surface area contributed by atoms with Crippen LogP contribution in [0.3, 0.4) is 0 Å². The smallest absolute Gasteiger partial charge is 0.370 e. The normalized spacial score (nSPS) is 25.2. The summed E-state index contributed by atoms with van der Waals surface area (Å²) in [6.07, 6.45) is -4.28. The molecule has 6 N–H and O–H groups in total. The maximum atomic E-state index is 11.4. The summed E-state index contributed by atoms with van der Waals surface area (Å²) < 4.78 is 5.13.